The summed E-state index contributed by atoms with van der Waals surface area (Å²) in [6, 6.07) is 8.49. The molecule has 0 unspecified atom stereocenters. The number of benzene rings is 1. The maximum absolute atomic E-state index is 13.5. The smallest absolute Gasteiger partial charge is 0.148 e. The lowest BCUT2D eigenvalue weighted by atomic mass is 10.1. The van der Waals surface area contributed by atoms with E-state index >= 15 is 0 Å². The first-order valence-electron chi connectivity index (χ1n) is 5.60. The fourth-order valence-corrected chi connectivity index (χ4v) is 1.51. The summed E-state index contributed by atoms with van der Waals surface area (Å²) >= 11 is 0. The number of nitrogens with one attached hydrogen (secondary N) is 1. The maximum atomic E-state index is 13.5. The zero-order valence-corrected chi connectivity index (χ0v) is 9.90. The predicted octanol–water partition coefficient (Wildman–Crippen LogP) is 2.75. The van der Waals surface area contributed by atoms with Gasteiger partial charge in [0.05, 0.1) is 18.2 Å². The summed E-state index contributed by atoms with van der Waals surface area (Å²) in [5, 5.41) is 19.0. The number of rotatable bonds is 4. The molecule has 0 aliphatic rings. The standard InChI is InChI=1S/C13H10F2N4/c14-9-2-3-10(11(15)8-9)12-4-5-13(19-18-12)17-7-1-6-16/h2-5,8H,1,7H2,(H,17,19). The molecule has 2 aromatic rings. The van der Waals surface area contributed by atoms with Gasteiger partial charge in [-0.25, -0.2) is 8.78 Å². The van der Waals surface area contributed by atoms with E-state index in [0.29, 0.717) is 24.5 Å². The zero-order valence-electron chi connectivity index (χ0n) is 9.90. The molecular formula is C13H10F2N4. The van der Waals surface area contributed by atoms with E-state index in [1.165, 1.54) is 12.1 Å². The Balaban J connectivity index is 2.16. The van der Waals surface area contributed by atoms with Gasteiger partial charge in [-0.15, -0.1) is 10.2 Å². The van der Waals surface area contributed by atoms with Gasteiger partial charge in [0, 0.05) is 18.2 Å². The molecule has 1 aromatic heterocycles. The van der Waals surface area contributed by atoms with Crippen molar-refractivity contribution in [2.75, 3.05) is 11.9 Å². The molecule has 0 saturated carbocycles. The van der Waals surface area contributed by atoms with E-state index in [4.69, 9.17) is 5.26 Å². The molecule has 2 rings (SSSR count). The van der Waals surface area contributed by atoms with Crippen LogP contribution in [-0.2, 0) is 0 Å². The van der Waals surface area contributed by atoms with Gasteiger partial charge < -0.3 is 5.32 Å². The number of hydrogen-bond donors (Lipinski definition) is 1. The van der Waals surface area contributed by atoms with Crippen LogP contribution in [0, 0.1) is 23.0 Å². The first-order valence-corrected chi connectivity index (χ1v) is 5.60. The highest BCUT2D eigenvalue weighted by Crippen LogP contribution is 2.21. The number of aromatic nitrogens is 2. The Morgan fingerprint density at radius 1 is 1.16 bits per heavy atom. The minimum absolute atomic E-state index is 0.192. The molecule has 96 valence electrons. The quantitative estimate of drug-likeness (QED) is 0.858. The lowest BCUT2D eigenvalue weighted by Gasteiger charge is -2.04. The average molecular weight is 260 g/mol. The molecule has 1 N–H and O–H groups in total. The van der Waals surface area contributed by atoms with Gasteiger partial charge in [-0.2, -0.15) is 5.26 Å². The van der Waals surface area contributed by atoms with Gasteiger partial charge in [0.25, 0.3) is 0 Å². The van der Waals surface area contributed by atoms with Crippen LogP contribution in [0.5, 0.6) is 0 Å². The topological polar surface area (TPSA) is 61.6 Å². The Bertz CT molecular complexity index is 605. The predicted molar refractivity (Wildman–Crippen MR) is 66.1 cm³/mol. The Morgan fingerprint density at radius 2 is 2.00 bits per heavy atom. The van der Waals surface area contributed by atoms with Crippen LogP contribution in [-0.4, -0.2) is 16.7 Å². The van der Waals surface area contributed by atoms with E-state index in [1.54, 1.807) is 12.1 Å². The summed E-state index contributed by atoms with van der Waals surface area (Å²) in [7, 11) is 0. The fourth-order valence-electron chi connectivity index (χ4n) is 1.51. The van der Waals surface area contributed by atoms with Crippen molar-refractivity contribution in [1.29, 1.82) is 5.26 Å². The largest absolute Gasteiger partial charge is 0.368 e. The van der Waals surface area contributed by atoms with Gasteiger partial charge >= 0.3 is 0 Å². The van der Waals surface area contributed by atoms with Gasteiger partial charge in [0.1, 0.15) is 17.5 Å². The van der Waals surface area contributed by atoms with Crippen LogP contribution in [0.1, 0.15) is 6.42 Å². The molecule has 19 heavy (non-hydrogen) atoms. The molecule has 1 heterocycles. The van der Waals surface area contributed by atoms with Crippen molar-refractivity contribution in [2.45, 2.75) is 6.42 Å². The highest BCUT2D eigenvalue weighted by Gasteiger charge is 2.08. The second-order valence-corrected chi connectivity index (χ2v) is 3.76. The number of nitriles is 1. The number of nitrogens with zero attached hydrogens (tertiary/aromatic N) is 3. The van der Waals surface area contributed by atoms with Crippen molar-refractivity contribution in [3.05, 3.63) is 42.0 Å². The third-order valence-electron chi connectivity index (χ3n) is 2.41. The number of anilines is 1. The van der Waals surface area contributed by atoms with Crippen molar-refractivity contribution in [2.24, 2.45) is 0 Å². The Kier molecular flexibility index (Phi) is 3.98. The van der Waals surface area contributed by atoms with Crippen molar-refractivity contribution >= 4 is 5.82 Å². The molecular weight excluding hydrogens is 250 g/mol. The van der Waals surface area contributed by atoms with Crippen molar-refractivity contribution in [3.63, 3.8) is 0 Å². The van der Waals surface area contributed by atoms with Crippen molar-refractivity contribution < 1.29 is 8.78 Å². The second-order valence-electron chi connectivity index (χ2n) is 3.76. The summed E-state index contributed by atoms with van der Waals surface area (Å²) < 4.78 is 26.3. The minimum atomic E-state index is -0.681. The fraction of sp³-hybridized carbons (Fsp3) is 0.154. The van der Waals surface area contributed by atoms with E-state index < -0.39 is 11.6 Å². The molecule has 0 aliphatic heterocycles. The molecule has 0 saturated heterocycles. The van der Waals surface area contributed by atoms with Gasteiger partial charge in [0.15, 0.2) is 0 Å². The molecule has 0 radical (unpaired) electrons. The van der Waals surface area contributed by atoms with E-state index in [2.05, 4.69) is 15.5 Å². The van der Waals surface area contributed by atoms with E-state index in [9.17, 15) is 8.78 Å². The first-order chi connectivity index (χ1) is 9.20. The Labute approximate surface area is 108 Å². The zero-order chi connectivity index (χ0) is 13.7. The normalized spacial score (nSPS) is 9.95. The summed E-state index contributed by atoms with van der Waals surface area (Å²) in [6.07, 6.45) is 0.357. The lowest BCUT2D eigenvalue weighted by Crippen LogP contribution is -2.03. The molecule has 0 spiro atoms. The van der Waals surface area contributed by atoms with Crippen LogP contribution in [0.4, 0.5) is 14.6 Å². The molecule has 0 fully saturated rings. The molecule has 1 aromatic carbocycles. The van der Waals surface area contributed by atoms with Gasteiger partial charge in [-0.3, -0.25) is 0 Å². The SMILES string of the molecule is N#CCCNc1ccc(-c2ccc(F)cc2F)nn1. The molecule has 6 heteroatoms. The van der Waals surface area contributed by atoms with Crippen LogP contribution in [0.25, 0.3) is 11.3 Å². The van der Waals surface area contributed by atoms with Gasteiger partial charge in [-0.05, 0) is 24.3 Å². The van der Waals surface area contributed by atoms with Gasteiger partial charge in [0.2, 0.25) is 0 Å². The molecule has 0 aliphatic carbocycles. The third-order valence-corrected chi connectivity index (χ3v) is 2.41. The number of hydrogen-bond acceptors (Lipinski definition) is 4. The molecule has 0 bridgehead atoms. The average Bonchev–Trinajstić information content (AvgIpc) is 2.40. The second kappa shape index (κ2) is 5.87. The molecule has 0 amide bonds. The van der Waals surface area contributed by atoms with Crippen LogP contribution in [0.3, 0.4) is 0 Å². The molecule has 4 nitrogen and oxygen atoms in total. The lowest BCUT2D eigenvalue weighted by molar-refractivity contribution is 0.585. The van der Waals surface area contributed by atoms with Crippen molar-refractivity contribution in [3.8, 4) is 17.3 Å². The van der Waals surface area contributed by atoms with Crippen LogP contribution >= 0.6 is 0 Å². The summed E-state index contributed by atoms with van der Waals surface area (Å²) in [6.45, 7) is 0.468. The third kappa shape index (κ3) is 3.22. The van der Waals surface area contributed by atoms with E-state index in [1.807, 2.05) is 6.07 Å². The van der Waals surface area contributed by atoms with E-state index in [0.717, 1.165) is 6.07 Å². The highest BCUT2D eigenvalue weighted by molar-refractivity contribution is 5.60. The van der Waals surface area contributed by atoms with Crippen molar-refractivity contribution in [1.82, 2.24) is 10.2 Å². The summed E-state index contributed by atoms with van der Waals surface area (Å²) in [5.41, 5.74) is 0.515. The minimum Gasteiger partial charge on any atom is -0.368 e. The van der Waals surface area contributed by atoms with Crippen LogP contribution in [0.2, 0.25) is 0 Å². The number of halogens is 2. The van der Waals surface area contributed by atoms with Gasteiger partial charge in [-0.1, -0.05) is 0 Å². The van der Waals surface area contributed by atoms with Crippen LogP contribution < -0.4 is 5.32 Å². The monoisotopic (exact) mass is 260 g/mol. The molecule has 0 atom stereocenters. The highest BCUT2D eigenvalue weighted by atomic mass is 19.1. The summed E-state index contributed by atoms with van der Waals surface area (Å²) in [4.78, 5) is 0. The van der Waals surface area contributed by atoms with E-state index in [-0.39, 0.29) is 5.56 Å². The first kappa shape index (κ1) is 12.9. The Morgan fingerprint density at radius 3 is 2.63 bits per heavy atom. The maximum Gasteiger partial charge on any atom is 0.148 e. The Hall–Kier alpha value is -2.55. The van der Waals surface area contributed by atoms with Crippen LogP contribution in [0.15, 0.2) is 30.3 Å². The summed E-state index contributed by atoms with van der Waals surface area (Å²) in [5.74, 6) is -0.815.